The molecule has 644 valence electrons. The van der Waals surface area contributed by atoms with Crippen LogP contribution >= 0.6 is 0 Å². The van der Waals surface area contributed by atoms with Crippen molar-refractivity contribution in [1.82, 2.24) is 0 Å². The van der Waals surface area contributed by atoms with E-state index in [1.165, 1.54) is 253 Å². The number of hydrogen-bond acceptors (Lipinski definition) is 0. The van der Waals surface area contributed by atoms with E-state index in [4.69, 9.17) is 0 Å². The molecule has 0 aromatic heterocycles. The van der Waals surface area contributed by atoms with Gasteiger partial charge in [-0.2, -0.15) is 0 Å². The molecule has 138 heavy (non-hydrogen) atoms. The topological polar surface area (TPSA) is 0 Å². The van der Waals surface area contributed by atoms with Crippen molar-refractivity contribution in [3.63, 3.8) is 0 Å². The van der Waals surface area contributed by atoms with Crippen LogP contribution < -0.4 is 0 Å². The summed E-state index contributed by atoms with van der Waals surface area (Å²) in [6, 6.07) is 203. The van der Waals surface area contributed by atoms with Crippen molar-refractivity contribution in [3.05, 3.63) is 558 Å². The summed E-state index contributed by atoms with van der Waals surface area (Å²) in [4.78, 5) is 0. The molecule has 0 unspecified atom stereocenters. The Labute approximate surface area is 804 Å². The maximum absolute atomic E-state index is 2.45. The third-order valence-electron chi connectivity index (χ3n) is 27.7. The lowest BCUT2D eigenvalue weighted by Crippen LogP contribution is -1.96. The lowest BCUT2D eigenvalue weighted by atomic mass is 9.80. The van der Waals surface area contributed by atoms with Gasteiger partial charge in [0.25, 0.3) is 0 Å². The first-order valence-corrected chi connectivity index (χ1v) is 47.7. The first-order valence-electron chi connectivity index (χ1n) is 47.7. The minimum atomic E-state index is 1.20. The third kappa shape index (κ3) is 15.6. The van der Waals surface area contributed by atoms with Crippen molar-refractivity contribution in [3.8, 4) is 156 Å². The maximum atomic E-state index is 2.45. The molecule has 0 radical (unpaired) electrons. The zero-order chi connectivity index (χ0) is 91.6. The average Bonchev–Trinajstić information content (AvgIpc) is 0.733. The minimum Gasteiger partial charge on any atom is -0.0622 e. The predicted molar refractivity (Wildman–Crippen MR) is 593 cm³/mol. The SMILES string of the molecule is c1ccc(-c2cc(-c3ccccc3)c(-c3c4ccccc4c(-c4ccc5ccccc5c4)c4ccccc34)cc2-c2ccccc2)cc1.c1ccc(-c2cc(-c3ccccc3)c(-c3ccccc3)c(-c3c4ccccc4c(-c4ccc5ccccc5c4)c4ccccc34)c2)cc1.c1ccc(-c2cccc(-c3ccccc3)c2-c2c3ccccc3c(-c3ccc4ccccc4c3)c3ccccc23)cc1. The fourth-order valence-electron chi connectivity index (χ4n) is 21.5. The van der Waals surface area contributed by atoms with E-state index in [1.807, 2.05) is 0 Å². The highest BCUT2D eigenvalue weighted by Crippen LogP contribution is 2.55. The molecule has 0 saturated heterocycles. The maximum Gasteiger partial charge on any atom is -0.00139 e. The highest BCUT2D eigenvalue weighted by Gasteiger charge is 2.28. The zero-order valence-corrected chi connectivity index (χ0v) is 76.1. The van der Waals surface area contributed by atoms with Gasteiger partial charge in [0.15, 0.2) is 0 Å². The number of benzene rings is 26. The molecule has 0 heteroatoms. The first kappa shape index (κ1) is 83.2. The van der Waals surface area contributed by atoms with Gasteiger partial charge in [-0.3, -0.25) is 0 Å². The molecule has 0 amide bonds. The highest BCUT2D eigenvalue weighted by atomic mass is 14.3. The van der Waals surface area contributed by atoms with Crippen molar-refractivity contribution in [2.24, 2.45) is 0 Å². The Kier molecular flexibility index (Phi) is 22.2. The van der Waals surface area contributed by atoms with Gasteiger partial charge < -0.3 is 0 Å². The fourth-order valence-corrected chi connectivity index (χ4v) is 21.5. The van der Waals surface area contributed by atoms with Crippen LogP contribution in [0.3, 0.4) is 0 Å². The summed E-state index contributed by atoms with van der Waals surface area (Å²) in [5, 5.41) is 22.6. The van der Waals surface area contributed by atoms with Crippen LogP contribution in [0.4, 0.5) is 0 Å². The molecule has 0 bridgehead atoms. The summed E-state index contributed by atoms with van der Waals surface area (Å²) in [6.07, 6.45) is 0. The van der Waals surface area contributed by atoms with Gasteiger partial charge in [-0.1, -0.05) is 516 Å². The predicted octanol–water partition coefficient (Wildman–Crippen LogP) is 38.8. The van der Waals surface area contributed by atoms with Crippen LogP contribution in [0.5, 0.6) is 0 Å². The van der Waals surface area contributed by atoms with Crippen molar-refractivity contribution in [2.75, 3.05) is 0 Å². The molecule has 0 spiro atoms. The second-order valence-corrected chi connectivity index (χ2v) is 35.8. The fraction of sp³-hybridized carbons (Fsp3) is 0. The van der Waals surface area contributed by atoms with Crippen LogP contribution in [0.1, 0.15) is 0 Å². The summed E-state index contributed by atoms with van der Waals surface area (Å²) in [5.74, 6) is 0. The van der Waals surface area contributed by atoms with Crippen LogP contribution in [0, 0.1) is 0 Å². The monoisotopic (exact) mass is 1750 g/mol. The summed E-state index contributed by atoms with van der Waals surface area (Å²) in [6.45, 7) is 0. The molecular formula is C138H92. The molecule has 0 aliphatic rings. The number of fused-ring (bicyclic) bond motifs is 9. The highest BCUT2D eigenvalue weighted by molar-refractivity contribution is 6.27. The summed E-state index contributed by atoms with van der Waals surface area (Å²) >= 11 is 0. The average molecular weight is 1750 g/mol. The van der Waals surface area contributed by atoms with E-state index >= 15 is 0 Å². The lowest BCUT2D eigenvalue weighted by Gasteiger charge is -2.23. The standard InChI is InChI=1S/2C48H32.C42H28/c1-4-17-34(18-5-1)43-31-45(36-21-8-3-9-22-36)46(32-44(43)35-19-6-2-7-20-35)48-41-26-14-12-24-39(41)47(40-25-13-15-27-42(40)48)38-29-28-33-16-10-11-23-37(33)30-38;1-4-16-33(17-5-1)39-31-44(35-19-6-2-7-20-35)46(36-21-8-3-9-22-36)45(32-39)48-42-26-14-12-24-40(42)47(41-25-13-15-27-43(41)48)38-29-28-34-18-10-11-23-37(34)30-38;1-3-15-30(16-4-1)34-24-13-25-35(31-17-5-2-6-18-31)41(34)42-38-22-11-9-20-36(38)40(37-21-10-12-23-39(37)42)33-27-26-29-14-7-8-19-32(29)28-33/h2*1-32H;1-28H. The number of hydrogen-bond donors (Lipinski definition) is 0. The molecule has 0 N–H and O–H groups in total. The van der Waals surface area contributed by atoms with Crippen molar-refractivity contribution >= 4 is 97.0 Å². The van der Waals surface area contributed by atoms with E-state index in [0.717, 1.165) is 0 Å². The van der Waals surface area contributed by atoms with E-state index in [0.29, 0.717) is 0 Å². The normalized spacial score (nSPS) is 11.3. The van der Waals surface area contributed by atoms with Gasteiger partial charge >= 0.3 is 0 Å². The van der Waals surface area contributed by atoms with E-state index in [9.17, 15) is 0 Å². The third-order valence-corrected chi connectivity index (χ3v) is 27.7. The van der Waals surface area contributed by atoms with Gasteiger partial charge in [-0.05, 0) is 295 Å². The van der Waals surface area contributed by atoms with E-state index in [-0.39, 0.29) is 0 Å². The van der Waals surface area contributed by atoms with Crippen LogP contribution in [0.2, 0.25) is 0 Å². The molecule has 0 saturated carbocycles. The summed E-state index contributed by atoms with van der Waals surface area (Å²) < 4.78 is 0. The van der Waals surface area contributed by atoms with Crippen molar-refractivity contribution < 1.29 is 0 Å². The molecule has 26 rings (SSSR count). The van der Waals surface area contributed by atoms with Crippen LogP contribution in [-0.4, -0.2) is 0 Å². The van der Waals surface area contributed by atoms with Gasteiger partial charge in [-0.25, -0.2) is 0 Å². The van der Waals surface area contributed by atoms with Crippen LogP contribution in [0.15, 0.2) is 558 Å². The van der Waals surface area contributed by atoms with E-state index in [1.54, 1.807) is 0 Å². The zero-order valence-electron chi connectivity index (χ0n) is 76.1. The van der Waals surface area contributed by atoms with Crippen molar-refractivity contribution in [2.45, 2.75) is 0 Å². The molecule has 0 atom stereocenters. The second kappa shape index (κ2) is 36.9. The summed E-state index contributed by atoms with van der Waals surface area (Å²) in [5.41, 5.74) is 34.6. The Morgan fingerprint density at radius 3 is 0.601 bits per heavy atom. The number of rotatable bonds is 14. The Morgan fingerprint density at radius 1 is 0.0725 bits per heavy atom. The van der Waals surface area contributed by atoms with Gasteiger partial charge in [0.05, 0.1) is 0 Å². The van der Waals surface area contributed by atoms with E-state index in [2.05, 4.69) is 558 Å². The molecule has 0 aliphatic carbocycles. The Hall–Kier alpha value is -17.9. The van der Waals surface area contributed by atoms with Gasteiger partial charge in [0, 0.05) is 0 Å². The Balaban J connectivity index is 0.000000113. The van der Waals surface area contributed by atoms with Crippen LogP contribution in [-0.2, 0) is 0 Å². The molecule has 26 aromatic carbocycles. The largest absolute Gasteiger partial charge is 0.0622 e. The smallest absolute Gasteiger partial charge is 0.00139 e. The van der Waals surface area contributed by atoms with Crippen LogP contribution in [0.25, 0.3) is 253 Å². The lowest BCUT2D eigenvalue weighted by molar-refractivity contribution is 1.56. The second-order valence-electron chi connectivity index (χ2n) is 35.8. The molecule has 0 nitrogen and oxygen atoms in total. The Morgan fingerprint density at radius 2 is 0.290 bits per heavy atom. The molecule has 0 fully saturated rings. The first-order chi connectivity index (χ1) is 68.5. The van der Waals surface area contributed by atoms with Crippen molar-refractivity contribution in [1.29, 1.82) is 0 Å². The summed E-state index contributed by atoms with van der Waals surface area (Å²) in [7, 11) is 0. The van der Waals surface area contributed by atoms with Gasteiger partial charge in [-0.15, -0.1) is 0 Å². The van der Waals surface area contributed by atoms with Gasteiger partial charge in [0.1, 0.15) is 0 Å². The molecule has 0 heterocycles. The minimum absolute atomic E-state index is 1.20. The van der Waals surface area contributed by atoms with E-state index < -0.39 is 0 Å². The molecular weight excluding hydrogens is 1660 g/mol. The quantitative estimate of drug-likeness (QED) is 0.0952. The Bertz CT molecular complexity index is 8830. The van der Waals surface area contributed by atoms with Gasteiger partial charge in [0.2, 0.25) is 0 Å². The molecule has 0 aliphatic heterocycles. The molecule has 26 aromatic rings.